The van der Waals surface area contributed by atoms with Crippen LogP contribution in [-0.4, -0.2) is 23.9 Å². The van der Waals surface area contributed by atoms with Crippen molar-refractivity contribution in [3.63, 3.8) is 0 Å². The largest absolute Gasteiger partial charge is 0.397 e. The Kier molecular flexibility index (Phi) is 4.47. The summed E-state index contributed by atoms with van der Waals surface area (Å²) in [5, 5.41) is 5.46. The van der Waals surface area contributed by atoms with Gasteiger partial charge in [0.05, 0.1) is 17.4 Å². The molecular formula is C15H22N4O2. The van der Waals surface area contributed by atoms with E-state index in [9.17, 15) is 9.59 Å². The highest BCUT2D eigenvalue weighted by molar-refractivity contribution is 6.02. The lowest BCUT2D eigenvalue weighted by atomic mass is 9.97. The van der Waals surface area contributed by atoms with Crippen LogP contribution in [0.1, 0.15) is 25.8 Å². The summed E-state index contributed by atoms with van der Waals surface area (Å²) in [4.78, 5) is 24.1. The molecule has 0 aliphatic carbocycles. The van der Waals surface area contributed by atoms with Crippen LogP contribution >= 0.6 is 0 Å². The fraction of sp³-hybridized carbons (Fsp3) is 0.467. The van der Waals surface area contributed by atoms with Gasteiger partial charge >= 0.3 is 0 Å². The fourth-order valence-electron chi connectivity index (χ4n) is 2.48. The van der Waals surface area contributed by atoms with Crippen molar-refractivity contribution in [2.45, 2.75) is 38.8 Å². The third kappa shape index (κ3) is 3.52. The Labute approximate surface area is 124 Å². The molecule has 0 fully saturated rings. The average molecular weight is 290 g/mol. The lowest BCUT2D eigenvalue weighted by Gasteiger charge is -2.27. The molecule has 1 aliphatic rings. The quantitative estimate of drug-likeness (QED) is 0.609. The number of nitrogen functional groups attached to an aromatic ring is 1. The van der Waals surface area contributed by atoms with Gasteiger partial charge in [-0.2, -0.15) is 0 Å². The van der Waals surface area contributed by atoms with E-state index >= 15 is 0 Å². The van der Waals surface area contributed by atoms with Gasteiger partial charge in [0.1, 0.15) is 6.04 Å². The summed E-state index contributed by atoms with van der Waals surface area (Å²) in [6, 6.07) is 4.24. The molecule has 6 N–H and O–H groups in total. The molecule has 1 heterocycles. The maximum atomic E-state index is 12.1. The number of fused-ring (bicyclic) bond motifs is 1. The van der Waals surface area contributed by atoms with Gasteiger partial charge in [0.25, 0.3) is 0 Å². The molecule has 1 aromatic carbocycles. The second-order valence-electron chi connectivity index (χ2n) is 5.87. The first kappa shape index (κ1) is 15.3. The lowest BCUT2D eigenvalue weighted by molar-refractivity contribution is -0.127. The molecule has 2 amide bonds. The molecule has 2 rings (SSSR count). The number of hydrogen-bond acceptors (Lipinski definition) is 4. The van der Waals surface area contributed by atoms with Crippen molar-refractivity contribution in [1.29, 1.82) is 0 Å². The maximum Gasteiger partial charge on any atom is 0.247 e. The number of nitrogens with one attached hydrogen (secondary N) is 2. The zero-order valence-electron chi connectivity index (χ0n) is 12.3. The number of hydrogen-bond donors (Lipinski definition) is 4. The third-order valence-corrected chi connectivity index (χ3v) is 3.55. The molecule has 2 atom stereocenters. The highest BCUT2D eigenvalue weighted by atomic mass is 16.2. The minimum atomic E-state index is -0.606. The van der Waals surface area contributed by atoms with Crippen molar-refractivity contribution in [1.82, 2.24) is 5.32 Å². The number of carbonyl (C=O) groups excluding carboxylic acids is 2. The van der Waals surface area contributed by atoms with Crippen LogP contribution < -0.4 is 22.1 Å². The SMILES string of the molecule is CC(C)C[C@@H](N)C(=O)NC1Cc2cccc(N)c2NC1=O. The lowest BCUT2D eigenvalue weighted by Crippen LogP contribution is -2.52. The second kappa shape index (κ2) is 6.13. The van der Waals surface area contributed by atoms with Gasteiger partial charge in [-0.15, -0.1) is 0 Å². The van der Waals surface area contributed by atoms with Gasteiger partial charge in [0.2, 0.25) is 11.8 Å². The summed E-state index contributed by atoms with van der Waals surface area (Å²) in [5.74, 6) is -0.229. The Morgan fingerprint density at radius 3 is 2.86 bits per heavy atom. The molecule has 114 valence electrons. The van der Waals surface area contributed by atoms with Crippen LogP contribution in [0.15, 0.2) is 18.2 Å². The van der Waals surface area contributed by atoms with Crippen LogP contribution in [0, 0.1) is 5.92 Å². The van der Waals surface area contributed by atoms with Crippen LogP contribution in [-0.2, 0) is 16.0 Å². The van der Waals surface area contributed by atoms with Gasteiger partial charge in [-0.05, 0) is 24.0 Å². The van der Waals surface area contributed by atoms with E-state index in [0.717, 1.165) is 5.56 Å². The molecule has 0 spiro atoms. The summed E-state index contributed by atoms with van der Waals surface area (Å²) in [5.41, 5.74) is 13.7. The summed E-state index contributed by atoms with van der Waals surface area (Å²) in [6.45, 7) is 4.00. The van der Waals surface area contributed by atoms with E-state index in [4.69, 9.17) is 11.5 Å². The number of benzene rings is 1. The smallest absolute Gasteiger partial charge is 0.247 e. The van der Waals surface area contributed by atoms with Crippen LogP contribution in [0.4, 0.5) is 11.4 Å². The fourth-order valence-corrected chi connectivity index (χ4v) is 2.48. The molecule has 0 saturated heterocycles. The highest BCUT2D eigenvalue weighted by Crippen LogP contribution is 2.28. The number of nitrogens with two attached hydrogens (primary N) is 2. The van der Waals surface area contributed by atoms with Crippen LogP contribution in [0.5, 0.6) is 0 Å². The molecular weight excluding hydrogens is 268 g/mol. The Balaban J connectivity index is 2.06. The molecule has 1 aliphatic heterocycles. The van der Waals surface area contributed by atoms with Crippen LogP contribution in [0.25, 0.3) is 0 Å². The molecule has 0 radical (unpaired) electrons. The van der Waals surface area contributed by atoms with Crippen molar-refractivity contribution in [3.05, 3.63) is 23.8 Å². The molecule has 1 aromatic rings. The first-order valence-corrected chi connectivity index (χ1v) is 7.12. The highest BCUT2D eigenvalue weighted by Gasteiger charge is 2.29. The number of amides is 2. The van der Waals surface area contributed by atoms with Gasteiger partial charge in [0, 0.05) is 6.42 Å². The predicted molar refractivity (Wildman–Crippen MR) is 82.5 cm³/mol. The van der Waals surface area contributed by atoms with Crippen molar-refractivity contribution in [2.75, 3.05) is 11.1 Å². The van der Waals surface area contributed by atoms with Crippen molar-refractivity contribution >= 4 is 23.2 Å². The summed E-state index contributed by atoms with van der Waals surface area (Å²) >= 11 is 0. The van der Waals surface area contributed by atoms with E-state index < -0.39 is 12.1 Å². The molecule has 1 unspecified atom stereocenters. The van der Waals surface area contributed by atoms with Gasteiger partial charge in [-0.1, -0.05) is 26.0 Å². The van der Waals surface area contributed by atoms with Crippen LogP contribution in [0.3, 0.4) is 0 Å². The van der Waals surface area contributed by atoms with Crippen molar-refractivity contribution < 1.29 is 9.59 Å². The van der Waals surface area contributed by atoms with E-state index in [1.165, 1.54) is 0 Å². The molecule has 0 bridgehead atoms. The minimum Gasteiger partial charge on any atom is -0.397 e. The van der Waals surface area contributed by atoms with E-state index in [2.05, 4.69) is 10.6 Å². The number of anilines is 2. The molecule has 6 heteroatoms. The number of rotatable bonds is 4. The van der Waals surface area contributed by atoms with E-state index in [1.54, 1.807) is 6.07 Å². The Morgan fingerprint density at radius 2 is 2.19 bits per heavy atom. The van der Waals surface area contributed by atoms with Gasteiger partial charge in [-0.25, -0.2) is 0 Å². The molecule has 0 aromatic heterocycles. The second-order valence-corrected chi connectivity index (χ2v) is 5.87. The molecule has 0 saturated carbocycles. The van der Waals surface area contributed by atoms with E-state index in [-0.39, 0.29) is 11.8 Å². The Hall–Kier alpha value is -2.08. The monoisotopic (exact) mass is 290 g/mol. The van der Waals surface area contributed by atoms with Crippen molar-refractivity contribution in [3.8, 4) is 0 Å². The molecule has 21 heavy (non-hydrogen) atoms. The first-order chi connectivity index (χ1) is 9.88. The maximum absolute atomic E-state index is 12.1. The Bertz CT molecular complexity index is 557. The number of carbonyl (C=O) groups is 2. The Morgan fingerprint density at radius 1 is 1.48 bits per heavy atom. The van der Waals surface area contributed by atoms with Crippen LogP contribution in [0.2, 0.25) is 0 Å². The van der Waals surface area contributed by atoms with E-state index in [1.807, 2.05) is 26.0 Å². The van der Waals surface area contributed by atoms with E-state index in [0.29, 0.717) is 30.1 Å². The third-order valence-electron chi connectivity index (χ3n) is 3.55. The van der Waals surface area contributed by atoms with Gasteiger partial charge in [-0.3, -0.25) is 9.59 Å². The number of para-hydroxylation sites is 1. The average Bonchev–Trinajstić information content (AvgIpc) is 2.40. The summed E-state index contributed by atoms with van der Waals surface area (Å²) in [6.07, 6.45) is 1.01. The normalized spacial score (nSPS) is 18.9. The zero-order chi connectivity index (χ0) is 15.6. The summed E-state index contributed by atoms with van der Waals surface area (Å²) < 4.78 is 0. The molecule has 6 nitrogen and oxygen atoms in total. The minimum absolute atomic E-state index is 0.259. The topological polar surface area (TPSA) is 110 Å². The predicted octanol–water partition coefficient (Wildman–Crippen LogP) is 0.622. The first-order valence-electron chi connectivity index (χ1n) is 7.12. The summed E-state index contributed by atoms with van der Waals surface area (Å²) in [7, 11) is 0. The standard InChI is InChI=1S/C15H22N4O2/c1-8(2)6-11(17)14(20)18-12-7-9-4-3-5-10(16)13(9)19-15(12)21/h3-5,8,11-12H,6-7,16-17H2,1-2H3,(H,18,20)(H,19,21)/t11-,12?/m1/s1. The zero-order valence-corrected chi connectivity index (χ0v) is 12.3. The van der Waals surface area contributed by atoms with Gasteiger partial charge < -0.3 is 22.1 Å². The van der Waals surface area contributed by atoms with Crippen molar-refractivity contribution in [2.24, 2.45) is 11.7 Å². The van der Waals surface area contributed by atoms with Gasteiger partial charge in [0.15, 0.2) is 0 Å².